The number of hydrogen-bond donors (Lipinski definition) is 0. The lowest BCUT2D eigenvalue weighted by molar-refractivity contribution is 1.07. The van der Waals surface area contributed by atoms with Crippen molar-refractivity contribution in [2.75, 3.05) is 0 Å². The molecule has 0 bridgehead atoms. The van der Waals surface area contributed by atoms with Crippen LogP contribution >= 0.6 is 0 Å². The molecule has 0 aliphatic carbocycles. The van der Waals surface area contributed by atoms with Crippen LogP contribution in [0.25, 0.3) is 0 Å². The molecule has 0 radical (unpaired) electrons. The standard InChI is InChI=1S/C7H20Si2/c1-5-6-8-7-9(2,3)4/h5-8H2,1-4H3. The predicted octanol–water partition coefficient (Wildman–Crippen LogP) is 2.28. The van der Waals surface area contributed by atoms with Crippen LogP contribution in [0.5, 0.6) is 0 Å². The molecule has 0 spiro atoms. The second kappa shape index (κ2) is 4.28. The van der Waals surface area contributed by atoms with Crippen molar-refractivity contribution in [3.8, 4) is 0 Å². The van der Waals surface area contributed by atoms with E-state index in [2.05, 4.69) is 26.6 Å². The third-order valence-electron chi connectivity index (χ3n) is 1.53. The van der Waals surface area contributed by atoms with Crippen molar-refractivity contribution in [1.82, 2.24) is 0 Å². The molecule has 0 aromatic carbocycles. The lowest BCUT2D eigenvalue weighted by Crippen LogP contribution is -2.21. The molecule has 0 amide bonds. The van der Waals surface area contributed by atoms with Crippen molar-refractivity contribution >= 4 is 17.6 Å². The summed E-state index contributed by atoms with van der Waals surface area (Å²) in [6, 6.07) is 1.57. The van der Waals surface area contributed by atoms with Crippen LogP contribution in [0.2, 0.25) is 31.4 Å². The van der Waals surface area contributed by atoms with E-state index in [9.17, 15) is 0 Å². The maximum absolute atomic E-state index is 2.48. The van der Waals surface area contributed by atoms with E-state index in [1.165, 1.54) is 6.42 Å². The third kappa shape index (κ3) is 8.43. The Morgan fingerprint density at radius 1 is 1.22 bits per heavy atom. The normalized spacial score (nSPS) is 13.3. The summed E-state index contributed by atoms with van der Waals surface area (Å²) in [5.74, 6) is 0. The smallest absolute Gasteiger partial charge is 0.0411 e. The molecular weight excluding hydrogens is 140 g/mol. The van der Waals surface area contributed by atoms with Gasteiger partial charge in [-0.15, -0.1) is 0 Å². The maximum atomic E-state index is 2.48. The highest BCUT2D eigenvalue weighted by Gasteiger charge is 2.10. The Kier molecular flexibility index (Phi) is 4.49. The highest BCUT2D eigenvalue weighted by Crippen LogP contribution is 2.07. The largest absolute Gasteiger partial charge is 0.0698 e. The topological polar surface area (TPSA) is 0 Å². The van der Waals surface area contributed by atoms with E-state index in [1.54, 1.807) is 11.7 Å². The van der Waals surface area contributed by atoms with Gasteiger partial charge in [-0.1, -0.05) is 44.7 Å². The van der Waals surface area contributed by atoms with E-state index in [-0.39, 0.29) is 0 Å². The van der Waals surface area contributed by atoms with Crippen LogP contribution in [0.15, 0.2) is 0 Å². The van der Waals surface area contributed by atoms with Gasteiger partial charge in [-0.25, -0.2) is 0 Å². The molecule has 0 nitrogen and oxygen atoms in total. The van der Waals surface area contributed by atoms with Crippen LogP contribution in [0.3, 0.4) is 0 Å². The second-order valence-corrected chi connectivity index (χ2v) is 12.6. The van der Waals surface area contributed by atoms with Gasteiger partial charge in [0.25, 0.3) is 0 Å². The third-order valence-corrected chi connectivity index (χ3v) is 10.2. The highest BCUT2D eigenvalue weighted by molar-refractivity contribution is 6.83. The molecule has 0 heterocycles. The van der Waals surface area contributed by atoms with Crippen molar-refractivity contribution in [2.24, 2.45) is 0 Å². The molecule has 0 atom stereocenters. The Morgan fingerprint density at radius 2 is 1.78 bits per heavy atom. The molecule has 0 rings (SSSR count). The van der Waals surface area contributed by atoms with Crippen molar-refractivity contribution in [1.29, 1.82) is 0 Å². The van der Waals surface area contributed by atoms with Crippen LogP contribution < -0.4 is 0 Å². The molecule has 2 heteroatoms. The monoisotopic (exact) mass is 160 g/mol. The summed E-state index contributed by atoms with van der Waals surface area (Å²) < 4.78 is 0. The molecule has 9 heavy (non-hydrogen) atoms. The summed E-state index contributed by atoms with van der Waals surface area (Å²) in [6.07, 6.45) is 1.43. The first-order valence-corrected chi connectivity index (χ1v) is 9.77. The van der Waals surface area contributed by atoms with Gasteiger partial charge in [0.1, 0.15) is 0 Å². The van der Waals surface area contributed by atoms with Crippen molar-refractivity contribution < 1.29 is 0 Å². The molecule has 0 unspecified atom stereocenters. The molecule has 0 saturated heterocycles. The van der Waals surface area contributed by atoms with Gasteiger partial charge in [0.15, 0.2) is 0 Å². The zero-order valence-electron chi connectivity index (χ0n) is 7.33. The minimum absolute atomic E-state index is 0.369. The van der Waals surface area contributed by atoms with Gasteiger partial charge in [-0.3, -0.25) is 0 Å². The van der Waals surface area contributed by atoms with E-state index in [1.807, 2.05) is 0 Å². The van der Waals surface area contributed by atoms with Crippen LogP contribution in [0, 0.1) is 0 Å². The van der Waals surface area contributed by atoms with E-state index >= 15 is 0 Å². The fraction of sp³-hybridized carbons (Fsp3) is 1.00. The average molecular weight is 160 g/mol. The summed E-state index contributed by atoms with van der Waals surface area (Å²) in [4.78, 5) is 0. The van der Waals surface area contributed by atoms with Gasteiger partial charge in [-0.05, 0) is 0 Å². The Balaban J connectivity index is 3.07. The summed E-state index contributed by atoms with van der Waals surface area (Å²) in [5, 5.41) is 0. The first kappa shape index (κ1) is 9.43. The van der Waals surface area contributed by atoms with Gasteiger partial charge in [0.2, 0.25) is 0 Å². The van der Waals surface area contributed by atoms with E-state index < -0.39 is 8.07 Å². The quantitative estimate of drug-likeness (QED) is 0.437. The minimum atomic E-state index is -0.633. The lowest BCUT2D eigenvalue weighted by atomic mass is 10.6. The summed E-state index contributed by atoms with van der Waals surface area (Å²) in [5.41, 5.74) is 1.65. The Labute approximate surface area is 62.9 Å². The molecule has 0 aromatic rings. The molecular formula is C7H20Si2. The zero-order chi connectivity index (χ0) is 7.33. The summed E-state index contributed by atoms with van der Waals surface area (Å²) in [6.45, 7) is 9.75. The van der Waals surface area contributed by atoms with Gasteiger partial charge in [0.05, 0.1) is 0 Å². The second-order valence-electron chi connectivity index (χ2n) is 4.02. The van der Waals surface area contributed by atoms with Crippen LogP contribution in [0.1, 0.15) is 13.3 Å². The Hall–Kier alpha value is 0.434. The molecule has 0 aliphatic rings. The van der Waals surface area contributed by atoms with Crippen molar-refractivity contribution in [3.05, 3.63) is 0 Å². The van der Waals surface area contributed by atoms with Crippen molar-refractivity contribution in [2.45, 2.75) is 44.7 Å². The van der Waals surface area contributed by atoms with Crippen LogP contribution in [-0.2, 0) is 0 Å². The number of rotatable bonds is 4. The molecule has 0 saturated carbocycles. The SMILES string of the molecule is CCC[SiH2]C[Si](C)(C)C. The fourth-order valence-electron chi connectivity index (χ4n) is 0.905. The van der Waals surface area contributed by atoms with E-state index in [4.69, 9.17) is 0 Å². The van der Waals surface area contributed by atoms with E-state index in [0.29, 0.717) is 9.52 Å². The minimum Gasteiger partial charge on any atom is -0.0698 e. The molecule has 0 aromatic heterocycles. The van der Waals surface area contributed by atoms with Crippen LogP contribution in [-0.4, -0.2) is 17.6 Å². The van der Waals surface area contributed by atoms with Gasteiger partial charge < -0.3 is 0 Å². The lowest BCUT2D eigenvalue weighted by Gasteiger charge is -2.13. The maximum Gasteiger partial charge on any atom is 0.0411 e. The summed E-state index contributed by atoms with van der Waals surface area (Å²) in [7, 11) is -0.264. The average Bonchev–Trinajstić information content (AvgIpc) is 1.63. The van der Waals surface area contributed by atoms with Gasteiger partial charge in [-0.2, -0.15) is 0 Å². The molecule has 56 valence electrons. The Morgan fingerprint density at radius 3 is 2.11 bits per heavy atom. The highest BCUT2D eigenvalue weighted by atomic mass is 28.4. The fourth-order valence-corrected chi connectivity index (χ4v) is 6.65. The molecule has 0 fully saturated rings. The van der Waals surface area contributed by atoms with Crippen LogP contribution in [0.4, 0.5) is 0 Å². The first-order valence-electron chi connectivity index (χ1n) is 4.06. The number of hydrogen-bond acceptors (Lipinski definition) is 0. The van der Waals surface area contributed by atoms with Crippen molar-refractivity contribution in [3.63, 3.8) is 0 Å². The van der Waals surface area contributed by atoms with E-state index in [0.717, 1.165) is 0 Å². The summed E-state index contributed by atoms with van der Waals surface area (Å²) >= 11 is 0. The zero-order valence-corrected chi connectivity index (χ0v) is 9.74. The predicted molar refractivity (Wildman–Crippen MR) is 51.8 cm³/mol. The molecule has 0 N–H and O–H groups in total. The first-order chi connectivity index (χ1) is 4.06. The Bertz CT molecular complexity index is 63.8. The molecule has 0 aliphatic heterocycles. The van der Waals surface area contributed by atoms with Gasteiger partial charge in [0, 0.05) is 17.6 Å². The van der Waals surface area contributed by atoms with Gasteiger partial charge >= 0.3 is 0 Å².